The van der Waals surface area contributed by atoms with Crippen LogP contribution in [0.2, 0.25) is 5.02 Å². The normalized spacial score (nSPS) is 10.8. The van der Waals surface area contributed by atoms with Crippen LogP contribution in [0.5, 0.6) is 5.75 Å². The summed E-state index contributed by atoms with van der Waals surface area (Å²) in [4.78, 5) is 19.9. The molecule has 0 radical (unpaired) electrons. The molecule has 0 aliphatic heterocycles. The lowest BCUT2D eigenvalue weighted by Crippen LogP contribution is -2.30. The van der Waals surface area contributed by atoms with Crippen LogP contribution in [0.1, 0.15) is 41.8 Å². The van der Waals surface area contributed by atoms with E-state index in [-0.39, 0.29) is 5.91 Å². The summed E-state index contributed by atoms with van der Waals surface area (Å²) in [7, 11) is 1.57. The van der Waals surface area contributed by atoms with E-state index in [1.807, 2.05) is 12.1 Å². The Morgan fingerprint density at radius 2 is 2.00 bits per heavy atom. The maximum absolute atomic E-state index is 13.1. The predicted molar refractivity (Wildman–Crippen MR) is 137 cm³/mol. The monoisotopic (exact) mass is 479 g/mol. The molecule has 0 bridgehead atoms. The number of nitrogens with zero attached hydrogens (tertiary/aromatic N) is 3. The highest BCUT2D eigenvalue weighted by molar-refractivity contribution is 6.32. The minimum absolute atomic E-state index is 0.202. The fraction of sp³-hybridized carbons (Fsp3) is 0.346. The summed E-state index contributed by atoms with van der Waals surface area (Å²) in [5, 5.41) is 17.0. The molecule has 3 aromatic rings. The van der Waals surface area contributed by atoms with Crippen molar-refractivity contribution in [3.8, 4) is 11.8 Å². The van der Waals surface area contributed by atoms with Gasteiger partial charge in [-0.15, -0.1) is 0 Å². The van der Waals surface area contributed by atoms with Gasteiger partial charge in [0.15, 0.2) is 0 Å². The van der Waals surface area contributed by atoms with Crippen molar-refractivity contribution >= 4 is 34.1 Å². The number of aromatic nitrogens is 1. The van der Waals surface area contributed by atoms with Gasteiger partial charge in [-0.25, -0.2) is 0 Å². The predicted octanol–water partition coefficient (Wildman–Crippen LogP) is 4.84. The second-order valence-electron chi connectivity index (χ2n) is 7.85. The van der Waals surface area contributed by atoms with Crippen LogP contribution in [0.4, 0.5) is 5.69 Å². The van der Waals surface area contributed by atoms with Gasteiger partial charge < -0.3 is 20.3 Å². The highest BCUT2D eigenvalue weighted by atomic mass is 35.5. The van der Waals surface area contributed by atoms with Crippen LogP contribution in [-0.2, 0) is 6.54 Å². The topological polar surface area (TPSA) is 90.3 Å². The van der Waals surface area contributed by atoms with Crippen LogP contribution in [0, 0.1) is 11.3 Å². The van der Waals surface area contributed by atoms with E-state index in [1.165, 1.54) is 0 Å². The Morgan fingerprint density at radius 1 is 1.21 bits per heavy atom. The number of anilines is 1. The molecule has 0 aliphatic carbocycles. The summed E-state index contributed by atoms with van der Waals surface area (Å²) in [6.07, 6.45) is 2.44. The van der Waals surface area contributed by atoms with Crippen LogP contribution in [0.25, 0.3) is 10.9 Å². The minimum atomic E-state index is -0.202. The number of methoxy groups -OCH3 is 1. The smallest absolute Gasteiger partial charge is 0.254 e. The first-order valence-corrected chi connectivity index (χ1v) is 11.8. The molecule has 34 heavy (non-hydrogen) atoms. The zero-order valence-corrected chi connectivity index (χ0v) is 20.6. The van der Waals surface area contributed by atoms with Gasteiger partial charge in [-0.2, -0.15) is 5.26 Å². The van der Waals surface area contributed by atoms with Crippen LogP contribution >= 0.6 is 11.6 Å². The first-order chi connectivity index (χ1) is 16.5. The number of amides is 1. The third-order valence-corrected chi connectivity index (χ3v) is 6.05. The lowest BCUT2D eigenvalue weighted by Gasteiger charge is -2.18. The molecule has 0 saturated carbocycles. The largest absolute Gasteiger partial charge is 0.495 e. The van der Waals surface area contributed by atoms with Gasteiger partial charge in [-0.3, -0.25) is 9.78 Å². The third kappa shape index (κ3) is 6.16. The molecule has 0 saturated heterocycles. The minimum Gasteiger partial charge on any atom is -0.495 e. The van der Waals surface area contributed by atoms with Crippen molar-refractivity contribution in [3.63, 3.8) is 0 Å². The first-order valence-electron chi connectivity index (χ1n) is 11.4. The van der Waals surface area contributed by atoms with E-state index in [4.69, 9.17) is 16.3 Å². The summed E-state index contributed by atoms with van der Waals surface area (Å²) in [5.41, 5.74) is 3.20. The fourth-order valence-corrected chi connectivity index (χ4v) is 4.05. The molecule has 1 aromatic heterocycles. The molecule has 1 heterocycles. The maximum atomic E-state index is 13.1. The Hall–Kier alpha value is -3.34. The number of carbonyl (C=O) groups excluding carboxylic acids is 1. The molecule has 0 aliphatic rings. The van der Waals surface area contributed by atoms with Gasteiger partial charge in [0, 0.05) is 24.7 Å². The van der Waals surface area contributed by atoms with Crippen molar-refractivity contribution in [3.05, 3.63) is 64.3 Å². The van der Waals surface area contributed by atoms with Gasteiger partial charge in [-0.05, 0) is 62.0 Å². The second-order valence-corrected chi connectivity index (χ2v) is 8.26. The van der Waals surface area contributed by atoms with Crippen molar-refractivity contribution in [1.82, 2.24) is 15.2 Å². The maximum Gasteiger partial charge on any atom is 0.254 e. The number of hydrogen-bond donors (Lipinski definition) is 2. The number of nitriles is 1. The van der Waals surface area contributed by atoms with Gasteiger partial charge in [-0.1, -0.05) is 31.5 Å². The molecule has 178 valence electrons. The van der Waals surface area contributed by atoms with Gasteiger partial charge in [0.25, 0.3) is 5.91 Å². The van der Waals surface area contributed by atoms with Crippen molar-refractivity contribution in [2.24, 2.45) is 0 Å². The third-order valence-electron chi connectivity index (χ3n) is 5.76. The Bertz CT molecular complexity index is 1190. The highest BCUT2D eigenvalue weighted by Crippen LogP contribution is 2.29. The number of fused-ring (bicyclic) bond motifs is 1. The van der Waals surface area contributed by atoms with Gasteiger partial charge in [0.1, 0.15) is 5.75 Å². The zero-order chi connectivity index (χ0) is 24.5. The summed E-state index contributed by atoms with van der Waals surface area (Å²) < 4.78 is 5.23. The molecule has 0 atom stereocenters. The van der Waals surface area contributed by atoms with Crippen molar-refractivity contribution in [2.75, 3.05) is 38.6 Å². The van der Waals surface area contributed by atoms with E-state index >= 15 is 0 Å². The number of pyridine rings is 1. The van der Waals surface area contributed by atoms with Crippen LogP contribution in [0.3, 0.4) is 0 Å². The number of halogens is 1. The van der Waals surface area contributed by atoms with E-state index < -0.39 is 0 Å². The number of hydrogen-bond acceptors (Lipinski definition) is 6. The number of ether oxygens (including phenoxy) is 1. The van der Waals surface area contributed by atoms with E-state index in [2.05, 4.69) is 40.4 Å². The van der Waals surface area contributed by atoms with E-state index in [9.17, 15) is 10.1 Å². The quantitative estimate of drug-likeness (QED) is 0.382. The van der Waals surface area contributed by atoms with Crippen LogP contribution in [-0.4, -0.2) is 49.1 Å². The number of nitrogens with one attached hydrogen (secondary N) is 2. The number of benzene rings is 2. The van der Waals surface area contributed by atoms with Crippen molar-refractivity contribution < 1.29 is 9.53 Å². The molecule has 2 N–H and O–H groups in total. The van der Waals surface area contributed by atoms with E-state index in [0.717, 1.165) is 37.0 Å². The Balaban J connectivity index is 1.85. The number of rotatable bonds is 11. The Morgan fingerprint density at radius 3 is 2.68 bits per heavy atom. The van der Waals surface area contributed by atoms with Crippen molar-refractivity contribution in [1.29, 1.82) is 5.26 Å². The summed E-state index contributed by atoms with van der Waals surface area (Å²) >= 11 is 6.28. The van der Waals surface area contributed by atoms with E-state index in [1.54, 1.807) is 37.6 Å². The molecule has 3 rings (SSSR count). The van der Waals surface area contributed by atoms with Crippen LogP contribution in [0.15, 0.2) is 42.6 Å². The van der Waals surface area contributed by atoms with Gasteiger partial charge in [0.05, 0.1) is 40.5 Å². The molecule has 8 heteroatoms. The Kier molecular flexibility index (Phi) is 9.08. The molecule has 0 unspecified atom stereocenters. The summed E-state index contributed by atoms with van der Waals surface area (Å²) in [5.74, 6) is 0.398. The Labute approximate surface area is 205 Å². The molecule has 0 fully saturated rings. The summed E-state index contributed by atoms with van der Waals surface area (Å²) in [6, 6.07) is 13.0. The fourth-order valence-electron chi connectivity index (χ4n) is 3.77. The highest BCUT2D eigenvalue weighted by Gasteiger charge is 2.16. The van der Waals surface area contributed by atoms with Crippen LogP contribution < -0.4 is 15.4 Å². The zero-order valence-electron chi connectivity index (χ0n) is 19.8. The van der Waals surface area contributed by atoms with Crippen molar-refractivity contribution in [2.45, 2.75) is 26.8 Å². The average molecular weight is 480 g/mol. The second kappa shape index (κ2) is 12.2. The molecule has 1 amide bonds. The SMILES string of the molecule is CCN(CC)CCCNC(=O)c1cnc2ccc(C#N)cc2c1NCc1ccc(OC)c(Cl)c1. The average Bonchev–Trinajstić information content (AvgIpc) is 2.86. The van der Waals surface area contributed by atoms with E-state index in [0.29, 0.717) is 46.2 Å². The molecule has 2 aromatic carbocycles. The lowest BCUT2D eigenvalue weighted by atomic mass is 10.1. The van der Waals surface area contributed by atoms with Gasteiger partial charge in [0.2, 0.25) is 0 Å². The standard InChI is InChI=1S/C26H30ClN5O2/c1-4-32(5-2)12-6-11-29-26(33)21-17-30-23-9-7-18(15-28)13-20(23)25(21)31-16-19-8-10-24(34-3)22(27)14-19/h7-10,13-14,17H,4-6,11-12,16H2,1-3H3,(H,29,33)(H,30,31). The van der Waals surface area contributed by atoms with Gasteiger partial charge >= 0.3 is 0 Å². The molecule has 0 spiro atoms. The lowest BCUT2D eigenvalue weighted by molar-refractivity contribution is 0.0952. The summed E-state index contributed by atoms with van der Waals surface area (Å²) in [6.45, 7) is 8.17. The first kappa shape index (κ1) is 25.3. The molecule has 7 nitrogen and oxygen atoms in total. The number of carbonyl (C=O) groups is 1. The molecular formula is C26H30ClN5O2. The molecular weight excluding hydrogens is 450 g/mol.